The average Bonchev–Trinajstić information content (AvgIpc) is 2.33. The minimum Gasteiger partial charge on any atom is -0.301 e. The first-order valence-corrected chi connectivity index (χ1v) is 6.20. The molecular formula is C14H18FN3. The average molecular weight is 247 g/mol. The van der Waals surface area contributed by atoms with Crippen molar-refractivity contribution in [3.05, 3.63) is 35.1 Å². The van der Waals surface area contributed by atoms with Crippen molar-refractivity contribution >= 4 is 0 Å². The van der Waals surface area contributed by atoms with E-state index in [1.807, 2.05) is 6.07 Å². The van der Waals surface area contributed by atoms with Crippen LogP contribution in [-0.2, 0) is 6.54 Å². The molecule has 1 aliphatic heterocycles. The molecule has 0 aliphatic carbocycles. The van der Waals surface area contributed by atoms with Crippen LogP contribution in [0.4, 0.5) is 4.39 Å². The van der Waals surface area contributed by atoms with E-state index < -0.39 is 0 Å². The van der Waals surface area contributed by atoms with E-state index in [2.05, 4.69) is 23.8 Å². The first-order chi connectivity index (χ1) is 8.58. The zero-order valence-corrected chi connectivity index (χ0v) is 10.9. The second-order valence-electron chi connectivity index (χ2n) is 5.02. The number of halogens is 1. The van der Waals surface area contributed by atoms with Crippen molar-refractivity contribution in [3.8, 4) is 6.07 Å². The van der Waals surface area contributed by atoms with Crippen LogP contribution in [0.15, 0.2) is 18.2 Å². The van der Waals surface area contributed by atoms with Crippen molar-refractivity contribution in [3.63, 3.8) is 0 Å². The number of piperazine rings is 1. The summed E-state index contributed by atoms with van der Waals surface area (Å²) in [5.41, 5.74) is 1.27. The van der Waals surface area contributed by atoms with Gasteiger partial charge in [-0.25, -0.2) is 4.39 Å². The lowest BCUT2D eigenvalue weighted by molar-refractivity contribution is 0.0999. The number of rotatable bonds is 2. The Balaban J connectivity index is 2.06. The van der Waals surface area contributed by atoms with Gasteiger partial charge in [0.15, 0.2) is 0 Å². The number of benzene rings is 1. The molecule has 18 heavy (non-hydrogen) atoms. The van der Waals surface area contributed by atoms with Gasteiger partial charge < -0.3 is 4.90 Å². The lowest BCUT2D eigenvalue weighted by atomic mass is 10.1. The summed E-state index contributed by atoms with van der Waals surface area (Å²) in [7, 11) is 2.12. The Hall–Kier alpha value is -1.44. The topological polar surface area (TPSA) is 30.3 Å². The lowest BCUT2D eigenvalue weighted by Crippen LogP contribution is -2.49. The molecular weight excluding hydrogens is 229 g/mol. The summed E-state index contributed by atoms with van der Waals surface area (Å²) in [4.78, 5) is 4.63. The Kier molecular flexibility index (Phi) is 3.95. The quantitative estimate of drug-likeness (QED) is 0.798. The van der Waals surface area contributed by atoms with Crippen molar-refractivity contribution in [2.45, 2.75) is 19.5 Å². The summed E-state index contributed by atoms with van der Waals surface area (Å²) < 4.78 is 13.3. The monoisotopic (exact) mass is 247 g/mol. The predicted octanol–water partition coefficient (Wildman–Crippen LogP) is 1.83. The fraction of sp³-hybridized carbons (Fsp3) is 0.500. The molecule has 1 heterocycles. The van der Waals surface area contributed by atoms with E-state index >= 15 is 0 Å². The van der Waals surface area contributed by atoms with Gasteiger partial charge in [-0.05, 0) is 37.7 Å². The number of hydrogen-bond acceptors (Lipinski definition) is 3. The SMILES string of the molecule is CC1CN(Cc2cc(F)cc(C#N)c2)CCN1C. The van der Waals surface area contributed by atoms with Gasteiger partial charge in [0, 0.05) is 32.2 Å². The van der Waals surface area contributed by atoms with Crippen molar-refractivity contribution in [1.29, 1.82) is 5.26 Å². The van der Waals surface area contributed by atoms with Crippen LogP contribution in [-0.4, -0.2) is 42.5 Å². The van der Waals surface area contributed by atoms with Crippen molar-refractivity contribution in [2.75, 3.05) is 26.7 Å². The molecule has 2 rings (SSSR count). The van der Waals surface area contributed by atoms with Gasteiger partial charge in [-0.1, -0.05) is 0 Å². The van der Waals surface area contributed by atoms with Gasteiger partial charge in [-0.3, -0.25) is 4.90 Å². The maximum absolute atomic E-state index is 13.3. The molecule has 1 unspecified atom stereocenters. The lowest BCUT2D eigenvalue weighted by Gasteiger charge is -2.37. The van der Waals surface area contributed by atoms with Crippen LogP contribution in [0.1, 0.15) is 18.1 Å². The van der Waals surface area contributed by atoms with E-state index in [1.54, 1.807) is 6.07 Å². The summed E-state index contributed by atoms with van der Waals surface area (Å²) in [6.07, 6.45) is 0. The summed E-state index contributed by atoms with van der Waals surface area (Å²) in [5.74, 6) is -0.328. The van der Waals surface area contributed by atoms with E-state index in [4.69, 9.17) is 5.26 Å². The third-order valence-corrected chi connectivity index (χ3v) is 3.54. The maximum atomic E-state index is 13.3. The molecule has 1 aliphatic rings. The van der Waals surface area contributed by atoms with Gasteiger partial charge >= 0.3 is 0 Å². The Morgan fingerprint density at radius 2 is 2.17 bits per heavy atom. The van der Waals surface area contributed by atoms with Crippen LogP contribution >= 0.6 is 0 Å². The van der Waals surface area contributed by atoms with E-state index in [0.29, 0.717) is 18.2 Å². The zero-order chi connectivity index (χ0) is 13.1. The van der Waals surface area contributed by atoms with Gasteiger partial charge in [0.1, 0.15) is 5.82 Å². The molecule has 4 heteroatoms. The minimum absolute atomic E-state index is 0.328. The second-order valence-corrected chi connectivity index (χ2v) is 5.02. The number of hydrogen-bond donors (Lipinski definition) is 0. The van der Waals surface area contributed by atoms with E-state index in [-0.39, 0.29) is 5.82 Å². The normalized spacial score (nSPS) is 21.8. The highest BCUT2D eigenvalue weighted by molar-refractivity contribution is 5.33. The minimum atomic E-state index is -0.328. The molecule has 0 aromatic heterocycles. The second kappa shape index (κ2) is 5.47. The molecule has 3 nitrogen and oxygen atoms in total. The molecule has 0 bridgehead atoms. The smallest absolute Gasteiger partial charge is 0.124 e. The molecule has 1 aromatic rings. The molecule has 0 amide bonds. The molecule has 1 saturated heterocycles. The zero-order valence-electron chi connectivity index (χ0n) is 10.9. The predicted molar refractivity (Wildman–Crippen MR) is 68.5 cm³/mol. The number of nitriles is 1. The fourth-order valence-corrected chi connectivity index (χ4v) is 2.33. The van der Waals surface area contributed by atoms with Crippen LogP contribution in [0.2, 0.25) is 0 Å². The molecule has 96 valence electrons. The van der Waals surface area contributed by atoms with E-state index in [0.717, 1.165) is 25.2 Å². The van der Waals surface area contributed by atoms with Crippen molar-refractivity contribution < 1.29 is 4.39 Å². The maximum Gasteiger partial charge on any atom is 0.124 e. The Bertz CT molecular complexity index is 467. The third kappa shape index (κ3) is 3.06. The van der Waals surface area contributed by atoms with Crippen LogP contribution in [0.25, 0.3) is 0 Å². The molecule has 0 saturated carbocycles. The van der Waals surface area contributed by atoms with Crippen LogP contribution in [0.5, 0.6) is 0 Å². The van der Waals surface area contributed by atoms with E-state index in [9.17, 15) is 4.39 Å². The highest BCUT2D eigenvalue weighted by atomic mass is 19.1. The fourth-order valence-electron chi connectivity index (χ4n) is 2.33. The Labute approximate surface area is 107 Å². The first kappa shape index (κ1) is 13.0. The summed E-state index contributed by atoms with van der Waals surface area (Å²) in [6.45, 7) is 5.90. The van der Waals surface area contributed by atoms with Gasteiger partial charge in [-0.2, -0.15) is 5.26 Å². The Morgan fingerprint density at radius 3 is 2.83 bits per heavy atom. The van der Waals surface area contributed by atoms with Gasteiger partial charge in [0.2, 0.25) is 0 Å². The van der Waals surface area contributed by atoms with Crippen LogP contribution in [0.3, 0.4) is 0 Å². The molecule has 0 spiro atoms. The standard InChI is InChI=1S/C14H18FN3/c1-11-9-18(4-3-17(11)2)10-13-5-12(8-16)6-14(15)7-13/h5-7,11H,3-4,9-10H2,1-2H3. The van der Waals surface area contributed by atoms with Crippen molar-refractivity contribution in [1.82, 2.24) is 9.80 Å². The van der Waals surface area contributed by atoms with Crippen LogP contribution < -0.4 is 0 Å². The van der Waals surface area contributed by atoms with Gasteiger partial charge in [0.25, 0.3) is 0 Å². The molecule has 1 fully saturated rings. The summed E-state index contributed by atoms with van der Waals surface area (Å²) >= 11 is 0. The Morgan fingerprint density at radius 1 is 1.39 bits per heavy atom. The number of nitrogens with zero attached hydrogens (tertiary/aromatic N) is 3. The highest BCUT2D eigenvalue weighted by Gasteiger charge is 2.20. The van der Waals surface area contributed by atoms with E-state index in [1.165, 1.54) is 12.1 Å². The third-order valence-electron chi connectivity index (χ3n) is 3.54. The molecule has 0 N–H and O–H groups in total. The molecule has 1 atom stereocenters. The first-order valence-electron chi connectivity index (χ1n) is 6.20. The molecule has 0 radical (unpaired) electrons. The summed E-state index contributed by atoms with van der Waals surface area (Å²) in [5, 5.41) is 8.83. The highest BCUT2D eigenvalue weighted by Crippen LogP contribution is 2.14. The van der Waals surface area contributed by atoms with Crippen LogP contribution in [0, 0.1) is 17.1 Å². The summed E-state index contributed by atoms with van der Waals surface area (Å²) in [6, 6.07) is 7.07. The van der Waals surface area contributed by atoms with Gasteiger partial charge in [-0.15, -0.1) is 0 Å². The van der Waals surface area contributed by atoms with Crippen molar-refractivity contribution in [2.24, 2.45) is 0 Å². The number of likely N-dealkylation sites (N-methyl/N-ethyl adjacent to an activating group) is 1. The van der Waals surface area contributed by atoms with Gasteiger partial charge in [0.05, 0.1) is 11.6 Å². The molecule has 1 aromatic carbocycles. The largest absolute Gasteiger partial charge is 0.301 e.